The number of nitrogens with zero attached hydrogens (tertiary/aromatic N) is 3. The van der Waals surface area contributed by atoms with Gasteiger partial charge in [-0.3, -0.25) is 4.79 Å². The fourth-order valence-electron chi connectivity index (χ4n) is 3.52. The van der Waals surface area contributed by atoms with Crippen LogP contribution in [-0.2, 0) is 6.54 Å². The van der Waals surface area contributed by atoms with Gasteiger partial charge in [-0.25, -0.2) is 14.8 Å². The van der Waals surface area contributed by atoms with Gasteiger partial charge in [0.1, 0.15) is 17.8 Å². The van der Waals surface area contributed by atoms with E-state index in [9.17, 15) is 9.59 Å². The Labute approximate surface area is 185 Å². The molecule has 0 fully saturated rings. The second kappa shape index (κ2) is 8.89. The van der Waals surface area contributed by atoms with Crippen LogP contribution in [0.2, 0.25) is 0 Å². The van der Waals surface area contributed by atoms with Crippen LogP contribution in [0.1, 0.15) is 41.4 Å². The van der Waals surface area contributed by atoms with Gasteiger partial charge in [0, 0.05) is 30.0 Å². The van der Waals surface area contributed by atoms with Crippen molar-refractivity contribution in [1.82, 2.24) is 19.9 Å². The van der Waals surface area contributed by atoms with Crippen molar-refractivity contribution in [3.8, 4) is 0 Å². The smallest absolute Gasteiger partial charge is 0.319 e. The number of nitrogen functional groups attached to an aromatic ring is 1. The maximum atomic E-state index is 13.3. The summed E-state index contributed by atoms with van der Waals surface area (Å²) in [5.74, 6) is 0.0385. The first-order valence-electron chi connectivity index (χ1n) is 10.3. The van der Waals surface area contributed by atoms with Gasteiger partial charge < -0.3 is 20.9 Å². The van der Waals surface area contributed by atoms with Crippen LogP contribution in [0.4, 0.5) is 16.3 Å². The minimum Gasteiger partial charge on any atom is -0.383 e. The molecule has 2 heterocycles. The molecule has 4 rings (SSSR count). The molecule has 0 unspecified atom stereocenters. The van der Waals surface area contributed by atoms with E-state index in [0.717, 1.165) is 5.56 Å². The van der Waals surface area contributed by atoms with E-state index in [-0.39, 0.29) is 23.7 Å². The van der Waals surface area contributed by atoms with Crippen molar-refractivity contribution < 1.29 is 9.59 Å². The molecule has 2 aromatic heterocycles. The summed E-state index contributed by atoms with van der Waals surface area (Å²) in [6.07, 6.45) is 3.15. The lowest BCUT2D eigenvalue weighted by Crippen LogP contribution is -2.28. The first-order chi connectivity index (χ1) is 15.4. The number of aromatic nitrogens is 3. The Morgan fingerprint density at radius 1 is 1.06 bits per heavy atom. The van der Waals surface area contributed by atoms with Gasteiger partial charge in [-0.05, 0) is 31.5 Å². The van der Waals surface area contributed by atoms with Crippen LogP contribution >= 0.6 is 0 Å². The molecule has 0 aliphatic heterocycles. The monoisotopic (exact) mass is 428 g/mol. The average molecular weight is 428 g/mol. The van der Waals surface area contributed by atoms with Gasteiger partial charge in [0.05, 0.1) is 10.9 Å². The minimum absolute atomic E-state index is 0.0923. The van der Waals surface area contributed by atoms with E-state index < -0.39 is 0 Å². The number of anilines is 2. The highest BCUT2D eigenvalue weighted by Crippen LogP contribution is 2.28. The predicted molar refractivity (Wildman–Crippen MR) is 125 cm³/mol. The number of nitrogens with one attached hydrogen (secondary N) is 2. The highest BCUT2D eigenvalue weighted by Gasteiger charge is 2.21. The average Bonchev–Trinajstić information content (AvgIpc) is 3.19. The van der Waals surface area contributed by atoms with Gasteiger partial charge >= 0.3 is 6.03 Å². The number of carbonyl (C=O) groups excluding carboxylic acids is 2. The first-order valence-corrected chi connectivity index (χ1v) is 10.3. The van der Waals surface area contributed by atoms with E-state index in [0.29, 0.717) is 34.4 Å². The third kappa shape index (κ3) is 4.29. The maximum Gasteiger partial charge on any atom is 0.319 e. The number of amides is 2. The molecule has 8 nitrogen and oxygen atoms in total. The number of nitrogens with two attached hydrogens (primary N) is 1. The summed E-state index contributed by atoms with van der Waals surface area (Å²) in [5, 5.41) is 6.11. The van der Waals surface area contributed by atoms with Crippen molar-refractivity contribution in [1.29, 1.82) is 0 Å². The van der Waals surface area contributed by atoms with Crippen LogP contribution in [0, 0.1) is 0 Å². The molecule has 0 radical (unpaired) electrons. The lowest BCUT2D eigenvalue weighted by atomic mass is 10.0. The summed E-state index contributed by atoms with van der Waals surface area (Å²) >= 11 is 0. The predicted octanol–water partition coefficient (Wildman–Crippen LogP) is 4.15. The van der Waals surface area contributed by atoms with E-state index in [1.165, 1.54) is 6.33 Å². The number of benzene rings is 2. The Morgan fingerprint density at radius 2 is 1.84 bits per heavy atom. The van der Waals surface area contributed by atoms with E-state index >= 15 is 0 Å². The van der Waals surface area contributed by atoms with Crippen molar-refractivity contribution in [2.24, 2.45) is 0 Å². The Kier molecular flexibility index (Phi) is 5.85. The Hall–Kier alpha value is -4.20. The van der Waals surface area contributed by atoms with E-state index in [1.807, 2.05) is 48.7 Å². The molecule has 8 heteroatoms. The third-order valence-corrected chi connectivity index (χ3v) is 5.12. The van der Waals surface area contributed by atoms with Crippen molar-refractivity contribution in [2.45, 2.75) is 26.4 Å². The Bertz CT molecular complexity index is 1280. The number of ketones is 1. The molecule has 0 spiro atoms. The van der Waals surface area contributed by atoms with Gasteiger partial charge in [0.25, 0.3) is 0 Å². The van der Waals surface area contributed by atoms with Crippen LogP contribution in [0.5, 0.6) is 0 Å². The third-order valence-electron chi connectivity index (χ3n) is 5.12. The lowest BCUT2D eigenvalue weighted by molar-refractivity contribution is 0.104. The standard InChI is InChI=1S/C24H24N6O2/c1-15(2)30-13-19(20-22(25)27-14-28-23(20)30)21(31)17-9-6-10-18(11-17)29-24(32)26-12-16-7-4-3-5-8-16/h3-11,13-15H,12H2,1-2H3,(H2,25,27,28)(H2,26,29,32). The second-order valence-corrected chi connectivity index (χ2v) is 7.70. The van der Waals surface area contributed by atoms with Crippen molar-refractivity contribution in [3.05, 3.63) is 83.8 Å². The quantitative estimate of drug-likeness (QED) is 0.399. The molecule has 0 saturated heterocycles. The van der Waals surface area contributed by atoms with Crippen LogP contribution < -0.4 is 16.4 Å². The van der Waals surface area contributed by atoms with Crippen LogP contribution in [-0.4, -0.2) is 26.3 Å². The summed E-state index contributed by atoms with van der Waals surface area (Å²) in [6.45, 7) is 4.41. The minimum atomic E-state index is -0.354. The number of hydrogen-bond donors (Lipinski definition) is 3. The molecule has 0 saturated carbocycles. The normalized spacial score (nSPS) is 11.0. The maximum absolute atomic E-state index is 13.3. The molecule has 4 aromatic rings. The molecular formula is C24H24N6O2. The summed E-state index contributed by atoms with van der Waals surface area (Å²) < 4.78 is 1.90. The molecule has 4 N–H and O–H groups in total. The van der Waals surface area contributed by atoms with Crippen LogP contribution in [0.25, 0.3) is 11.0 Å². The summed E-state index contributed by atoms with van der Waals surface area (Å²) in [4.78, 5) is 34.0. The topological polar surface area (TPSA) is 115 Å². The summed E-state index contributed by atoms with van der Waals surface area (Å²) in [7, 11) is 0. The summed E-state index contributed by atoms with van der Waals surface area (Å²) in [5.41, 5.74) is 9.06. The molecular weight excluding hydrogens is 404 g/mol. The fraction of sp³-hybridized carbons (Fsp3) is 0.167. The highest BCUT2D eigenvalue weighted by atomic mass is 16.2. The zero-order valence-corrected chi connectivity index (χ0v) is 17.9. The van der Waals surface area contributed by atoms with Crippen molar-refractivity contribution >= 4 is 34.4 Å². The number of urea groups is 1. The first kappa shape index (κ1) is 21.0. The van der Waals surface area contributed by atoms with Crippen LogP contribution in [0.15, 0.2) is 67.1 Å². The van der Waals surface area contributed by atoms with Gasteiger partial charge in [-0.1, -0.05) is 42.5 Å². The molecule has 0 atom stereocenters. The zero-order chi connectivity index (χ0) is 22.7. The van der Waals surface area contributed by atoms with Crippen molar-refractivity contribution in [2.75, 3.05) is 11.1 Å². The largest absolute Gasteiger partial charge is 0.383 e. The zero-order valence-electron chi connectivity index (χ0n) is 17.9. The van der Waals surface area contributed by atoms with Gasteiger partial charge in [-0.2, -0.15) is 0 Å². The molecule has 0 aliphatic rings. The van der Waals surface area contributed by atoms with Gasteiger partial charge in [0.2, 0.25) is 0 Å². The number of hydrogen-bond acceptors (Lipinski definition) is 5. The van der Waals surface area contributed by atoms with Crippen molar-refractivity contribution in [3.63, 3.8) is 0 Å². The second-order valence-electron chi connectivity index (χ2n) is 7.70. The number of rotatable bonds is 6. The molecule has 2 aromatic carbocycles. The fourth-order valence-corrected chi connectivity index (χ4v) is 3.52. The molecule has 162 valence electrons. The Balaban J connectivity index is 1.56. The van der Waals surface area contributed by atoms with Gasteiger partial charge in [-0.15, -0.1) is 0 Å². The SMILES string of the molecule is CC(C)n1cc(C(=O)c2cccc(NC(=O)NCc3ccccc3)c2)c2c(N)ncnc21. The number of carbonyl (C=O) groups is 2. The van der Waals surface area contributed by atoms with E-state index in [1.54, 1.807) is 30.5 Å². The highest BCUT2D eigenvalue weighted by molar-refractivity contribution is 6.18. The van der Waals surface area contributed by atoms with E-state index in [4.69, 9.17) is 5.73 Å². The summed E-state index contributed by atoms with van der Waals surface area (Å²) in [6, 6.07) is 16.2. The molecule has 0 bridgehead atoms. The van der Waals surface area contributed by atoms with Gasteiger partial charge in [0.15, 0.2) is 5.78 Å². The number of fused-ring (bicyclic) bond motifs is 1. The van der Waals surface area contributed by atoms with Crippen LogP contribution in [0.3, 0.4) is 0 Å². The Morgan fingerprint density at radius 3 is 2.59 bits per heavy atom. The molecule has 0 aliphatic carbocycles. The van der Waals surface area contributed by atoms with E-state index in [2.05, 4.69) is 20.6 Å². The lowest BCUT2D eigenvalue weighted by Gasteiger charge is -2.09. The molecule has 32 heavy (non-hydrogen) atoms. The molecule has 2 amide bonds.